The quantitative estimate of drug-likeness (QED) is 0.812. The van der Waals surface area contributed by atoms with Gasteiger partial charge in [0, 0.05) is 5.92 Å². The molecule has 16 heavy (non-hydrogen) atoms. The summed E-state index contributed by atoms with van der Waals surface area (Å²) in [6, 6.07) is 5.32. The number of benzene rings is 1. The van der Waals surface area contributed by atoms with E-state index in [4.69, 9.17) is 17.3 Å². The largest absolute Gasteiger partial charge is 0.397 e. The Morgan fingerprint density at radius 2 is 2.12 bits per heavy atom. The Balaban J connectivity index is 2.50. The van der Waals surface area contributed by atoms with Gasteiger partial charge in [-0.1, -0.05) is 25.4 Å². The van der Waals surface area contributed by atoms with Crippen LogP contribution in [0.15, 0.2) is 18.2 Å². The number of rotatable bonds is 2. The van der Waals surface area contributed by atoms with Gasteiger partial charge in [0.2, 0.25) is 0 Å². The highest BCUT2D eigenvalue weighted by Gasteiger charge is 2.12. The molecule has 0 unspecified atom stereocenters. The molecule has 0 amide bonds. The second kappa shape index (κ2) is 4.09. The van der Waals surface area contributed by atoms with Gasteiger partial charge in [-0.2, -0.15) is 4.68 Å². The van der Waals surface area contributed by atoms with Crippen LogP contribution in [0.5, 0.6) is 0 Å². The van der Waals surface area contributed by atoms with Crippen molar-refractivity contribution in [1.82, 2.24) is 20.2 Å². The summed E-state index contributed by atoms with van der Waals surface area (Å²) in [6.07, 6.45) is 0. The number of hydrogen-bond acceptors (Lipinski definition) is 4. The van der Waals surface area contributed by atoms with Crippen LogP contribution in [0.2, 0.25) is 5.02 Å². The van der Waals surface area contributed by atoms with Crippen molar-refractivity contribution in [3.8, 4) is 5.69 Å². The predicted octanol–water partition coefficient (Wildman–Crippen LogP) is 2.02. The zero-order valence-corrected chi connectivity index (χ0v) is 9.81. The maximum Gasteiger partial charge on any atom is 0.159 e. The normalized spacial score (nSPS) is 11.0. The minimum Gasteiger partial charge on any atom is -0.397 e. The third-order valence-electron chi connectivity index (χ3n) is 2.23. The topological polar surface area (TPSA) is 69.6 Å². The molecular weight excluding hydrogens is 226 g/mol. The molecule has 0 aliphatic rings. The molecule has 2 N–H and O–H groups in total. The van der Waals surface area contributed by atoms with Crippen LogP contribution >= 0.6 is 11.6 Å². The van der Waals surface area contributed by atoms with Crippen molar-refractivity contribution < 1.29 is 0 Å². The highest BCUT2D eigenvalue weighted by atomic mass is 35.5. The molecule has 6 heteroatoms. The third kappa shape index (κ3) is 1.86. The van der Waals surface area contributed by atoms with E-state index in [-0.39, 0.29) is 5.92 Å². The molecule has 5 nitrogen and oxygen atoms in total. The van der Waals surface area contributed by atoms with Crippen molar-refractivity contribution >= 4 is 17.3 Å². The molecule has 1 aromatic carbocycles. The monoisotopic (exact) mass is 237 g/mol. The summed E-state index contributed by atoms with van der Waals surface area (Å²) in [5, 5.41) is 12.1. The maximum atomic E-state index is 5.86. The fourth-order valence-electron chi connectivity index (χ4n) is 1.40. The first-order valence-corrected chi connectivity index (χ1v) is 5.31. The third-order valence-corrected chi connectivity index (χ3v) is 2.58. The summed E-state index contributed by atoms with van der Waals surface area (Å²) >= 11 is 5.86. The molecule has 0 aliphatic heterocycles. The molecular formula is C10H12ClN5. The van der Waals surface area contributed by atoms with Crippen LogP contribution in [0.3, 0.4) is 0 Å². The lowest BCUT2D eigenvalue weighted by atomic mass is 10.2. The Labute approximate surface area is 98.2 Å². The molecule has 0 aliphatic carbocycles. The Morgan fingerprint density at radius 1 is 1.38 bits per heavy atom. The van der Waals surface area contributed by atoms with Crippen LogP contribution in [0.4, 0.5) is 5.69 Å². The minimum atomic E-state index is 0.243. The highest BCUT2D eigenvalue weighted by molar-refractivity contribution is 6.33. The number of halogens is 1. The Bertz CT molecular complexity index is 506. The number of anilines is 1. The lowest BCUT2D eigenvalue weighted by Crippen LogP contribution is -2.05. The van der Waals surface area contributed by atoms with Crippen molar-refractivity contribution in [3.63, 3.8) is 0 Å². The van der Waals surface area contributed by atoms with Gasteiger partial charge in [0.25, 0.3) is 0 Å². The second-order valence-electron chi connectivity index (χ2n) is 3.81. The van der Waals surface area contributed by atoms with Crippen molar-refractivity contribution in [2.75, 3.05) is 5.73 Å². The minimum absolute atomic E-state index is 0.243. The van der Waals surface area contributed by atoms with E-state index in [1.54, 1.807) is 16.8 Å². The number of nitrogens with two attached hydrogens (primary N) is 1. The standard InChI is InChI=1S/C10H12ClN5/c1-6(2)10-13-14-15-16(10)7-3-4-8(11)9(12)5-7/h3-6H,12H2,1-2H3. The molecule has 0 radical (unpaired) electrons. The lowest BCUT2D eigenvalue weighted by molar-refractivity contribution is 0.710. The zero-order chi connectivity index (χ0) is 11.7. The molecule has 0 spiro atoms. The second-order valence-corrected chi connectivity index (χ2v) is 4.22. The Hall–Kier alpha value is -1.62. The van der Waals surface area contributed by atoms with Gasteiger partial charge in [0.15, 0.2) is 5.82 Å². The lowest BCUT2D eigenvalue weighted by Gasteiger charge is -2.07. The highest BCUT2D eigenvalue weighted by Crippen LogP contribution is 2.23. The molecule has 1 aromatic heterocycles. The summed E-state index contributed by atoms with van der Waals surface area (Å²) in [6.45, 7) is 4.06. The van der Waals surface area contributed by atoms with E-state index >= 15 is 0 Å². The van der Waals surface area contributed by atoms with Crippen LogP contribution in [-0.2, 0) is 0 Å². The van der Waals surface area contributed by atoms with Gasteiger partial charge in [-0.15, -0.1) is 5.10 Å². The van der Waals surface area contributed by atoms with E-state index in [0.29, 0.717) is 10.7 Å². The Morgan fingerprint density at radius 3 is 2.75 bits per heavy atom. The molecule has 1 heterocycles. The molecule has 84 valence electrons. The van der Waals surface area contributed by atoms with E-state index in [9.17, 15) is 0 Å². The van der Waals surface area contributed by atoms with Gasteiger partial charge in [-0.25, -0.2) is 0 Å². The number of hydrogen-bond donors (Lipinski definition) is 1. The van der Waals surface area contributed by atoms with Crippen LogP contribution in [0, 0.1) is 0 Å². The van der Waals surface area contributed by atoms with Crippen LogP contribution in [0.1, 0.15) is 25.6 Å². The van der Waals surface area contributed by atoms with E-state index in [1.165, 1.54) is 0 Å². The molecule has 2 aromatic rings. The Kier molecular flexibility index (Phi) is 2.78. The average Bonchev–Trinajstić information content (AvgIpc) is 2.71. The van der Waals surface area contributed by atoms with E-state index < -0.39 is 0 Å². The average molecular weight is 238 g/mol. The van der Waals surface area contributed by atoms with Crippen LogP contribution < -0.4 is 5.73 Å². The van der Waals surface area contributed by atoms with Gasteiger partial charge in [0.05, 0.1) is 16.4 Å². The van der Waals surface area contributed by atoms with Crippen molar-refractivity contribution in [2.24, 2.45) is 0 Å². The van der Waals surface area contributed by atoms with Gasteiger partial charge >= 0.3 is 0 Å². The van der Waals surface area contributed by atoms with E-state index in [2.05, 4.69) is 15.5 Å². The molecule has 0 saturated heterocycles. The van der Waals surface area contributed by atoms with Crippen LogP contribution in [-0.4, -0.2) is 20.2 Å². The number of aromatic nitrogens is 4. The molecule has 0 bridgehead atoms. The summed E-state index contributed by atoms with van der Waals surface area (Å²) in [5.74, 6) is 1.04. The van der Waals surface area contributed by atoms with Gasteiger partial charge in [0.1, 0.15) is 0 Å². The zero-order valence-electron chi connectivity index (χ0n) is 9.05. The van der Waals surface area contributed by atoms with Crippen molar-refractivity contribution in [3.05, 3.63) is 29.0 Å². The number of nitrogen functional groups attached to an aromatic ring is 1. The summed E-state index contributed by atoms with van der Waals surface area (Å²) in [4.78, 5) is 0. The molecule has 0 fully saturated rings. The van der Waals surface area contributed by atoms with Gasteiger partial charge in [-0.3, -0.25) is 0 Å². The summed E-state index contributed by atoms with van der Waals surface area (Å²) < 4.78 is 1.66. The first-order chi connectivity index (χ1) is 7.59. The molecule has 2 rings (SSSR count). The molecule has 0 atom stereocenters. The number of nitrogens with zero attached hydrogens (tertiary/aromatic N) is 4. The van der Waals surface area contributed by atoms with Crippen molar-refractivity contribution in [1.29, 1.82) is 0 Å². The summed E-state index contributed by atoms with van der Waals surface area (Å²) in [5.41, 5.74) is 7.07. The predicted molar refractivity (Wildman–Crippen MR) is 62.7 cm³/mol. The maximum absolute atomic E-state index is 5.86. The first-order valence-electron chi connectivity index (χ1n) is 4.93. The van der Waals surface area contributed by atoms with Gasteiger partial charge in [-0.05, 0) is 28.6 Å². The van der Waals surface area contributed by atoms with E-state index in [1.807, 2.05) is 19.9 Å². The SMILES string of the molecule is CC(C)c1nnnn1-c1ccc(Cl)c(N)c1. The number of tetrazole rings is 1. The first kappa shape index (κ1) is 10.9. The fourth-order valence-corrected chi connectivity index (χ4v) is 1.52. The van der Waals surface area contributed by atoms with Gasteiger partial charge < -0.3 is 5.73 Å². The molecule has 0 saturated carbocycles. The van der Waals surface area contributed by atoms with Crippen LogP contribution in [0.25, 0.3) is 5.69 Å². The van der Waals surface area contributed by atoms with Crippen molar-refractivity contribution in [2.45, 2.75) is 19.8 Å². The smallest absolute Gasteiger partial charge is 0.159 e. The summed E-state index contributed by atoms with van der Waals surface area (Å²) in [7, 11) is 0. The fraction of sp³-hybridized carbons (Fsp3) is 0.300. The van der Waals surface area contributed by atoms with E-state index in [0.717, 1.165) is 11.5 Å².